The zero-order valence-electron chi connectivity index (χ0n) is 14.7. The van der Waals surface area contributed by atoms with E-state index in [2.05, 4.69) is 21.8 Å². The SMILES string of the molecule is CCc1nccc(CN2CCC[C@@H](CCc3c(F)cccc3F)C2)n1. The van der Waals surface area contributed by atoms with Crippen molar-refractivity contribution in [1.82, 2.24) is 14.9 Å². The molecule has 25 heavy (non-hydrogen) atoms. The van der Waals surface area contributed by atoms with Crippen LogP contribution in [-0.2, 0) is 19.4 Å². The number of likely N-dealkylation sites (tertiary alicyclic amines) is 1. The molecule has 0 N–H and O–H groups in total. The van der Waals surface area contributed by atoms with E-state index >= 15 is 0 Å². The third-order valence-electron chi connectivity index (χ3n) is 4.93. The Morgan fingerprint density at radius 2 is 2.00 bits per heavy atom. The average Bonchev–Trinajstić information content (AvgIpc) is 2.62. The van der Waals surface area contributed by atoms with Crippen LogP contribution in [0.4, 0.5) is 8.78 Å². The molecule has 0 aliphatic carbocycles. The van der Waals surface area contributed by atoms with Crippen molar-refractivity contribution in [2.45, 2.75) is 45.6 Å². The molecule has 2 heterocycles. The lowest BCUT2D eigenvalue weighted by molar-refractivity contribution is 0.159. The largest absolute Gasteiger partial charge is 0.297 e. The molecule has 2 aromatic rings. The van der Waals surface area contributed by atoms with Crippen LogP contribution >= 0.6 is 0 Å². The summed E-state index contributed by atoms with van der Waals surface area (Å²) in [7, 11) is 0. The first-order valence-electron chi connectivity index (χ1n) is 9.11. The first kappa shape index (κ1) is 17.9. The maximum Gasteiger partial charge on any atom is 0.129 e. The number of halogens is 2. The lowest BCUT2D eigenvalue weighted by Gasteiger charge is -2.32. The maximum absolute atomic E-state index is 13.8. The molecule has 0 spiro atoms. The normalized spacial score (nSPS) is 18.4. The van der Waals surface area contributed by atoms with Crippen molar-refractivity contribution in [2.75, 3.05) is 13.1 Å². The predicted molar refractivity (Wildman–Crippen MR) is 94.1 cm³/mol. The van der Waals surface area contributed by atoms with Crippen LogP contribution in [0.1, 0.15) is 43.3 Å². The molecule has 1 aromatic carbocycles. The second-order valence-corrected chi connectivity index (χ2v) is 6.80. The van der Waals surface area contributed by atoms with Gasteiger partial charge in [-0.2, -0.15) is 0 Å². The zero-order chi connectivity index (χ0) is 17.6. The summed E-state index contributed by atoms with van der Waals surface area (Å²) in [4.78, 5) is 11.2. The monoisotopic (exact) mass is 345 g/mol. The highest BCUT2D eigenvalue weighted by atomic mass is 19.1. The molecule has 134 valence electrons. The highest BCUT2D eigenvalue weighted by Gasteiger charge is 2.21. The minimum Gasteiger partial charge on any atom is -0.297 e. The highest BCUT2D eigenvalue weighted by molar-refractivity contribution is 5.19. The van der Waals surface area contributed by atoms with Gasteiger partial charge in [0, 0.05) is 31.3 Å². The van der Waals surface area contributed by atoms with Crippen LogP contribution < -0.4 is 0 Å². The number of benzene rings is 1. The van der Waals surface area contributed by atoms with Crippen molar-refractivity contribution in [3.63, 3.8) is 0 Å². The van der Waals surface area contributed by atoms with E-state index in [-0.39, 0.29) is 5.56 Å². The highest BCUT2D eigenvalue weighted by Crippen LogP contribution is 2.24. The molecule has 0 radical (unpaired) electrons. The summed E-state index contributed by atoms with van der Waals surface area (Å²) in [6.45, 7) is 4.88. The molecule has 5 heteroatoms. The standard InChI is InChI=1S/C20H25F2N3/c1-2-20-23-11-10-16(24-20)14-25-12-4-5-15(13-25)8-9-17-18(21)6-3-7-19(17)22/h3,6-7,10-11,15H,2,4-5,8-9,12-14H2,1H3/t15-/m0/s1. The summed E-state index contributed by atoms with van der Waals surface area (Å²) < 4.78 is 27.6. The van der Waals surface area contributed by atoms with Crippen LogP contribution in [0.15, 0.2) is 30.5 Å². The third-order valence-corrected chi connectivity index (χ3v) is 4.93. The fraction of sp³-hybridized carbons (Fsp3) is 0.500. The van der Waals surface area contributed by atoms with Gasteiger partial charge < -0.3 is 0 Å². The van der Waals surface area contributed by atoms with Gasteiger partial charge in [0.25, 0.3) is 0 Å². The summed E-state index contributed by atoms with van der Waals surface area (Å²) in [5, 5.41) is 0. The van der Waals surface area contributed by atoms with E-state index in [1.807, 2.05) is 12.3 Å². The predicted octanol–water partition coefficient (Wildman–Crippen LogP) is 4.16. The van der Waals surface area contributed by atoms with Gasteiger partial charge in [-0.25, -0.2) is 18.7 Å². The molecule has 1 aliphatic rings. The van der Waals surface area contributed by atoms with Crippen LogP contribution in [0.5, 0.6) is 0 Å². The zero-order valence-corrected chi connectivity index (χ0v) is 14.7. The van der Waals surface area contributed by atoms with Gasteiger partial charge in [-0.3, -0.25) is 4.90 Å². The van der Waals surface area contributed by atoms with E-state index in [4.69, 9.17) is 0 Å². The number of rotatable bonds is 6. The van der Waals surface area contributed by atoms with Gasteiger partial charge in [-0.05, 0) is 56.3 Å². The van der Waals surface area contributed by atoms with Gasteiger partial charge in [-0.15, -0.1) is 0 Å². The molecule has 1 fully saturated rings. The van der Waals surface area contributed by atoms with Crippen LogP contribution in [0.3, 0.4) is 0 Å². The van der Waals surface area contributed by atoms with Crippen molar-refractivity contribution < 1.29 is 8.78 Å². The van der Waals surface area contributed by atoms with Crippen molar-refractivity contribution in [3.05, 3.63) is 59.2 Å². The molecule has 0 bridgehead atoms. The quantitative estimate of drug-likeness (QED) is 0.787. The summed E-state index contributed by atoms with van der Waals surface area (Å²) in [6, 6.07) is 6.07. The lowest BCUT2D eigenvalue weighted by atomic mass is 9.91. The van der Waals surface area contributed by atoms with E-state index < -0.39 is 11.6 Å². The molecule has 3 rings (SSSR count). The first-order valence-corrected chi connectivity index (χ1v) is 9.11. The molecule has 0 unspecified atom stereocenters. The summed E-state index contributed by atoms with van der Waals surface area (Å²) in [5.74, 6) is 0.489. The average molecular weight is 345 g/mol. The van der Waals surface area contributed by atoms with E-state index in [1.165, 1.54) is 18.2 Å². The molecule has 1 aliphatic heterocycles. The fourth-order valence-electron chi connectivity index (χ4n) is 3.58. The van der Waals surface area contributed by atoms with Crippen LogP contribution in [0.25, 0.3) is 0 Å². The molecule has 1 aromatic heterocycles. The number of nitrogens with zero attached hydrogens (tertiary/aromatic N) is 3. The number of aromatic nitrogens is 2. The second kappa shape index (κ2) is 8.48. The summed E-state index contributed by atoms with van der Waals surface area (Å²) in [6.07, 6.45) is 6.18. The lowest BCUT2D eigenvalue weighted by Crippen LogP contribution is -2.35. The van der Waals surface area contributed by atoms with Crippen molar-refractivity contribution in [3.8, 4) is 0 Å². The van der Waals surface area contributed by atoms with E-state index in [9.17, 15) is 8.78 Å². The number of piperidine rings is 1. The Kier molecular flexibility index (Phi) is 6.08. The van der Waals surface area contributed by atoms with E-state index in [0.717, 1.165) is 56.8 Å². The summed E-state index contributed by atoms with van der Waals surface area (Å²) >= 11 is 0. The van der Waals surface area contributed by atoms with Gasteiger partial charge in [0.05, 0.1) is 5.69 Å². The van der Waals surface area contributed by atoms with Crippen molar-refractivity contribution in [1.29, 1.82) is 0 Å². The Labute approximate surface area is 148 Å². The summed E-state index contributed by atoms with van der Waals surface area (Å²) in [5.41, 5.74) is 1.27. The van der Waals surface area contributed by atoms with Gasteiger partial charge in [0.15, 0.2) is 0 Å². The van der Waals surface area contributed by atoms with E-state index in [0.29, 0.717) is 12.3 Å². The topological polar surface area (TPSA) is 29.0 Å². The number of aryl methyl sites for hydroxylation is 1. The van der Waals surface area contributed by atoms with Crippen molar-refractivity contribution >= 4 is 0 Å². The molecule has 1 saturated heterocycles. The van der Waals surface area contributed by atoms with Gasteiger partial charge in [0.2, 0.25) is 0 Å². The third kappa shape index (κ3) is 4.82. The second-order valence-electron chi connectivity index (χ2n) is 6.80. The Bertz CT molecular complexity index is 685. The van der Waals surface area contributed by atoms with Gasteiger partial charge in [0.1, 0.15) is 17.5 Å². The Morgan fingerprint density at radius 3 is 2.76 bits per heavy atom. The minimum absolute atomic E-state index is 0.225. The van der Waals surface area contributed by atoms with Crippen LogP contribution in [0.2, 0.25) is 0 Å². The van der Waals surface area contributed by atoms with Gasteiger partial charge in [-0.1, -0.05) is 13.0 Å². The van der Waals surface area contributed by atoms with Crippen LogP contribution in [0, 0.1) is 17.6 Å². The first-order chi connectivity index (χ1) is 12.2. The fourth-order valence-corrected chi connectivity index (χ4v) is 3.58. The Hall–Kier alpha value is -1.88. The van der Waals surface area contributed by atoms with Crippen molar-refractivity contribution in [2.24, 2.45) is 5.92 Å². The Balaban J connectivity index is 1.56. The molecule has 1 atom stereocenters. The minimum atomic E-state index is -0.430. The maximum atomic E-state index is 13.8. The molecule has 3 nitrogen and oxygen atoms in total. The number of hydrogen-bond acceptors (Lipinski definition) is 3. The van der Waals surface area contributed by atoms with Gasteiger partial charge >= 0.3 is 0 Å². The Morgan fingerprint density at radius 1 is 1.20 bits per heavy atom. The molecular formula is C20H25F2N3. The smallest absolute Gasteiger partial charge is 0.129 e. The number of hydrogen-bond donors (Lipinski definition) is 0. The molecular weight excluding hydrogens is 320 g/mol. The molecule has 0 amide bonds. The van der Waals surface area contributed by atoms with Crippen LogP contribution in [-0.4, -0.2) is 28.0 Å². The van der Waals surface area contributed by atoms with E-state index in [1.54, 1.807) is 0 Å². The molecule has 0 saturated carbocycles.